The first-order chi connectivity index (χ1) is 30.7. The summed E-state index contributed by atoms with van der Waals surface area (Å²) in [7, 11) is 0. The molecule has 2 aromatic rings. The minimum Gasteiger partial charge on any atom is -0.477 e. The Hall–Kier alpha value is -7.88. The summed E-state index contributed by atoms with van der Waals surface area (Å²) in [6, 6.07) is 6.26. The van der Waals surface area contributed by atoms with Crippen LogP contribution in [0, 0.1) is 0 Å². The first-order valence-electron chi connectivity index (χ1n) is 19.1. The highest BCUT2D eigenvalue weighted by Gasteiger charge is 2.48. The molecule has 10 atom stereocenters. The molecule has 0 aromatic heterocycles. The van der Waals surface area contributed by atoms with Gasteiger partial charge in [0.05, 0.1) is 37.4 Å². The number of hydrogen-bond acceptors (Lipinski definition) is 17. The second-order valence-corrected chi connectivity index (χ2v) is 14.0. The molecule has 0 fully saturated rings. The van der Waals surface area contributed by atoms with Gasteiger partial charge < -0.3 is 87.9 Å². The highest BCUT2D eigenvalue weighted by atomic mass is 16.6. The molecule has 0 unspecified atom stereocenters. The number of carbonyl (C=O) groups excluding carboxylic acids is 4. The summed E-state index contributed by atoms with van der Waals surface area (Å²) < 4.78 is 27.6. The zero-order valence-corrected chi connectivity index (χ0v) is 34.3. The second-order valence-electron chi connectivity index (χ2n) is 14.0. The van der Waals surface area contributed by atoms with E-state index >= 15 is 0 Å². The Kier molecular flexibility index (Phi) is 20.6. The number of carbonyl (C=O) groups is 6. The van der Waals surface area contributed by atoms with Gasteiger partial charge in [0.1, 0.15) is 23.7 Å². The molecule has 18 N–H and O–H groups in total. The lowest BCUT2D eigenvalue weighted by molar-refractivity contribution is -0.146. The van der Waals surface area contributed by atoms with E-state index < -0.39 is 133 Å². The summed E-state index contributed by atoms with van der Waals surface area (Å²) in [5, 5.41) is 70.0. The van der Waals surface area contributed by atoms with Crippen molar-refractivity contribution in [3.05, 3.63) is 72.2 Å². The first-order valence-corrected chi connectivity index (χ1v) is 19.1. The Morgan fingerprint density at radius 3 is 1.22 bits per heavy atom. The summed E-state index contributed by atoms with van der Waals surface area (Å²) in [5.41, 5.74) is 22.3. The van der Waals surface area contributed by atoms with Crippen LogP contribution in [0.15, 0.2) is 82.2 Å². The van der Waals surface area contributed by atoms with Crippen LogP contribution < -0.4 is 48.9 Å². The fraction of sp³-hybridized carbons (Fsp3) is 0.400. The van der Waals surface area contributed by atoms with Gasteiger partial charge in [-0.2, -0.15) is 0 Å². The summed E-state index contributed by atoms with van der Waals surface area (Å²) in [5.74, 6) is -6.28. The van der Waals surface area contributed by atoms with E-state index in [1.165, 1.54) is 48.5 Å². The van der Waals surface area contributed by atoms with Crippen LogP contribution in [-0.4, -0.2) is 153 Å². The number of hydrogen-bond donors (Lipinski definition) is 14. The van der Waals surface area contributed by atoms with Gasteiger partial charge in [0.15, 0.2) is 36.3 Å². The number of carboxylic acids is 2. The van der Waals surface area contributed by atoms with Gasteiger partial charge >= 0.3 is 24.1 Å². The number of rotatable bonds is 18. The van der Waals surface area contributed by atoms with Crippen molar-refractivity contribution in [1.82, 2.24) is 10.6 Å². The van der Waals surface area contributed by atoms with E-state index in [-0.39, 0.29) is 37.7 Å². The van der Waals surface area contributed by atoms with E-state index in [1.54, 1.807) is 0 Å². The molecule has 0 bridgehead atoms. The lowest BCUT2D eigenvalue weighted by Crippen LogP contribution is -2.61. The molecule has 0 spiro atoms. The topological polar surface area (TPSA) is 447 Å². The zero-order chi connectivity index (χ0) is 48.1. The average Bonchev–Trinajstić information content (AvgIpc) is 3.23. The van der Waals surface area contributed by atoms with Crippen molar-refractivity contribution in [2.75, 3.05) is 23.8 Å². The number of aliphatic carboxylic acids is 2. The van der Waals surface area contributed by atoms with Crippen LogP contribution in [0.2, 0.25) is 0 Å². The number of nitrogens with two attached hydrogens (primary N) is 4. The van der Waals surface area contributed by atoms with Gasteiger partial charge in [-0.3, -0.25) is 20.2 Å². The number of anilines is 2. The van der Waals surface area contributed by atoms with Crippen molar-refractivity contribution in [2.45, 2.75) is 89.5 Å². The highest BCUT2D eigenvalue weighted by molar-refractivity contribution is 5.87. The number of nitrogens with zero attached hydrogens (tertiary/aromatic N) is 2. The third-order valence-corrected chi connectivity index (χ3v) is 9.08. The summed E-state index contributed by atoms with van der Waals surface area (Å²) in [6.07, 6.45) is -10.9. The number of aliphatic hydroxyl groups is 4. The van der Waals surface area contributed by atoms with Crippen LogP contribution in [0.4, 0.5) is 21.0 Å². The van der Waals surface area contributed by atoms with Crippen molar-refractivity contribution < 1.29 is 83.1 Å². The van der Waals surface area contributed by atoms with Gasteiger partial charge in [-0.05, 0) is 60.7 Å². The number of carboxylic acid groups (broad SMARTS) is 2. The summed E-state index contributed by atoms with van der Waals surface area (Å²) in [4.78, 5) is 81.9. The van der Waals surface area contributed by atoms with Crippen molar-refractivity contribution in [2.24, 2.45) is 32.9 Å². The van der Waals surface area contributed by atoms with E-state index in [1.807, 2.05) is 0 Å². The molecule has 67 heavy (non-hydrogen) atoms. The molecule has 4 rings (SSSR count). The van der Waals surface area contributed by atoms with Gasteiger partial charge in [0, 0.05) is 25.2 Å². The monoisotopic (exact) mass is 948 g/mol. The number of amides is 4. The average molecular weight is 949 g/mol. The molecule has 0 aliphatic carbocycles. The molecule has 27 nitrogen and oxygen atoms in total. The fourth-order valence-corrected chi connectivity index (χ4v) is 6.42. The first kappa shape index (κ1) is 55.3. The zero-order valence-electron chi connectivity index (χ0n) is 34.3. The Labute approximate surface area is 382 Å². The maximum absolute atomic E-state index is 13.1. The predicted molar refractivity (Wildman–Crippen MR) is 236 cm³/mol. The fourth-order valence-electron chi connectivity index (χ4n) is 6.42. The third-order valence-electron chi connectivity index (χ3n) is 9.08. The van der Waals surface area contributed by atoms with Gasteiger partial charge in [-0.15, -0.1) is 0 Å². The van der Waals surface area contributed by atoms with Crippen LogP contribution in [0.3, 0.4) is 0 Å². The molecule has 2 heterocycles. The number of aliphatic imine (C=N–C) groups is 2. The van der Waals surface area contributed by atoms with E-state index in [2.05, 4.69) is 31.3 Å². The summed E-state index contributed by atoms with van der Waals surface area (Å²) >= 11 is 0. The molecule has 2 aliphatic heterocycles. The number of guanidine groups is 2. The van der Waals surface area contributed by atoms with E-state index in [0.29, 0.717) is 0 Å². The Morgan fingerprint density at radius 2 is 0.955 bits per heavy atom. The Morgan fingerprint density at radius 1 is 0.627 bits per heavy atom. The molecule has 2 aliphatic rings. The van der Waals surface area contributed by atoms with Crippen molar-refractivity contribution in [3.8, 4) is 11.5 Å². The normalized spacial score (nSPS) is 21.2. The van der Waals surface area contributed by atoms with Crippen LogP contribution in [-0.2, 0) is 38.1 Å². The van der Waals surface area contributed by atoms with Crippen LogP contribution in [0.25, 0.3) is 0 Å². The Balaban J connectivity index is 0.00000771. The quantitative estimate of drug-likeness (QED) is 0.0586. The van der Waals surface area contributed by atoms with Crippen LogP contribution in [0.1, 0.15) is 28.7 Å². The van der Waals surface area contributed by atoms with Crippen molar-refractivity contribution >= 4 is 59.2 Å². The molecular weight excluding hydrogens is 892 g/mol. The second kappa shape index (κ2) is 25.0. The minimum absolute atomic E-state index is 0. The highest BCUT2D eigenvalue weighted by Crippen LogP contribution is 2.30. The predicted octanol–water partition coefficient (Wildman–Crippen LogP) is -1.68. The lowest BCUT2D eigenvalue weighted by atomic mass is 9.92. The number of benzene rings is 2. The van der Waals surface area contributed by atoms with E-state index in [4.69, 9.17) is 46.6 Å². The van der Waals surface area contributed by atoms with Crippen molar-refractivity contribution in [3.63, 3.8) is 0 Å². The van der Waals surface area contributed by atoms with Crippen LogP contribution in [0.5, 0.6) is 11.5 Å². The number of nitrogens with one attached hydrogen (secondary N) is 4. The molecule has 368 valence electrons. The number of ether oxygens (including phenoxy) is 5. The van der Waals surface area contributed by atoms with E-state index in [9.17, 15) is 59.4 Å². The summed E-state index contributed by atoms with van der Waals surface area (Å²) in [6.45, 7) is 0.289. The van der Waals surface area contributed by atoms with Gasteiger partial charge in [-0.1, -0.05) is 14.9 Å². The molecule has 4 amide bonds. The van der Waals surface area contributed by atoms with Gasteiger partial charge in [-0.25, -0.2) is 29.2 Å². The Bertz CT molecular complexity index is 2030. The maximum atomic E-state index is 13.1. The minimum atomic E-state index is -1.85. The lowest BCUT2D eigenvalue weighted by Gasteiger charge is -2.39. The van der Waals surface area contributed by atoms with Gasteiger partial charge in [0.2, 0.25) is 23.3 Å². The third kappa shape index (κ3) is 15.7. The molecule has 2 aromatic carbocycles. The number of aliphatic hydroxyl groups excluding tert-OH is 4. The van der Waals surface area contributed by atoms with Crippen molar-refractivity contribution in [1.29, 1.82) is 0 Å². The van der Waals surface area contributed by atoms with Crippen LogP contribution >= 0.6 is 0 Å². The molecule has 0 saturated carbocycles. The SMILES string of the molecule is C.C.CC(=O)N[C@H]1[C@H]([C@H](OC(=O)Nc2ccc(Oc3ccc(NC(=O)O[C@@H]([C@@H]4OC(C(=O)O)=C[C@H](N=C(N)N)[C@H]4NC(C)=O)[C@H](O)CO)cc3)cc2)[C@H](O)CO)OC(C(=O)O)=C[C@@H]1N=C(N)N. The maximum Gasteiger partial charge on any atom is 0.412 e. The van der Waals surface area contributed by atoms with E-state index in [0.717, 1.165) is 26.0 Å². The molecule has 0 radical (unpaired) electrons. The standard InChI is InChI=1S/C38H48N10O17.2CH4/c1-15(51)43-27-21(47-35(39)40)11-25(33(55)56)62-31(27)29(23(53)13-49)64-37(59)45-17-3-7-19(8-4-17)61-20-9-5-18(6-10-20)46-38(60)65-30(24(54)14-50)32-28(44-16(2)52)22(48-36(41)42)12-26(63-32)34(57)58;;/h3-12,21-24,27-32,49-50,53-54H,13-14H2,1-2H3,(H,43,51)(H,44,52)(H,45,59)(H,46,60)(H,55,56)(H,57,58)(H4,39,40,47)(H4,41,42,48);2*1H4/t21-,22-,23+,24+,27+,28+,29+,30+,31+,32+;;/m0../s1. The smallest absolute Gasteiger partial charge is 0.412 e. The molecule has 0 saturated heterocycles. The molecule has 27 heteroatoms. The largest absolute Gasteiger partial charge is 0.477 e. The molecular formula is C40H56N10O17. The van der Waals surface area contributed by atoms with Gasteiger partial charge in [0.25, 0.3) is 0 Å².